The molecule has 9 nitrogen and oxygen atoms in total. The predicted octanol–water partition coefficient (Wildman–Crippen LogP) is 5.77. The number of ether oxygens (including phenoxy) is 2. The van der Waals surface area contributed by atoms with Gasteiger partial charge in [0.15, 0.2) is 0 Å². The van der Waals surface area contributed by atoms with Crippen LogP contribution in [0.2, 0.25) is 0 Å². The predicted molar refractivity (Wildman–Crippen MR) is 172 cm³/mol. The van der Waals surface area contributed by atoms with Gasteiger partial charge >= 0.3 is 0 Å². The molecule has 1 heterocycles. The summed E-state index contributed by atoms with van der Waals surface area (Å²) >= 11 is 0. The third-order valence-corrected chi connectivity index (χ3v) is 7.83. The lowest BCUT2D eigenvalue weighted by Gasteiger charge is -2.33. The number of carbonyl (C=O) groups excluding carboxylic acids is 4. The van der Waals surface area contributed by atoms with Gasteiger partial charge in [-0.15, -0.1) is 0 Å². The number of nitrogens with one attached hydrogen (secondary N) is 1. The summed E-state index contributed by atoms with van der Waals surface area (Å²) in [4.78, 5) is 57.0. The second kappa shape index (κ2) is 13.5. The zero-order valence-corrected chi connectivity index (χ0v) is 25.7. The van der Waals surface area contributed by atoms with Crippen LogP contribution < -0.4 is 19.7 Å². The summed E-state index contributed by atoms with van der Waals surface area (Å²) in [5.74, 6) is -1.24. The Morgan fingerprint density at radius 2 is 1.49 bits per heavy atom. The number of benzene rings is 4. The molecule has 3 amide bonds. The van der Waals surface area contributed by atoms with Crippen molar-refractivity contribution in [2.24, 2.45) is 0 Å². The van der Waals surface area contributed by atoms with Crippen LogP contribution in [0.4, 0.5) is 11.4 Å². The van der Waals surface area contributed by atoms with Gasteiger partial charge in [-0.3, -0.25) is 24.1 Å². The van der Waals surface area contributed by atoms with Crippen molar-refractivity contribution >= 4 is 34.9 Å². The lowest BCUT2D eigenvalue weighted by Crippen LogP contribution is -2.46. The molecule has 0 saturated heterocycles. The number of para-hydroxylation sites is 1. The molecule has 45 heavy (non-hydrogen) atoms. The van der Waals surface area contributed by atoms with Crippen molar-refractivity contribution in [2.75, 3.05) is 31.0 Å². The lowest BCUT2D eigenvalue weighted by molar-refractivity contribution is -0.139. The molecule has 0 bridgehead atoms. The van der Waals surface area contributed by atoms with E-state index in [2.05, 4.69) is 19.2 Å². The number of Topliss-reactive ketones (excluding diaryl/α,β-unsaturated/α-hetero) is 1. The van der Waals surface area contributed by atoms with Gasteiger partial charge in [-0.2, -0.15) is 0 Å². The highest BCUT2D eigenvalue weighted by Crippen LogP contribution is 2.33. The molecule has 1 aliphatic rings. The fourth-order valence-corrected chi connectivity index (χ4v) is 5.37. The van der Waals surface area contributed by atoms with E-state index in [0.717, 1.165) is 11.1 Å². The Bertz CT molecular complexity index is 1720. The Balaban J connectivity index is 1.57. The minimum atomic E-state index is -1.10. The number of fused-ring (bicyclic) bond motifs is 1. The van der Waals surface area contributed by atoms with E-state index < -0.39 is 36.1 Å². The van der Waals surface area contributed by atoms with Gasteiger partial charge in [0.1, 0.15) is 24.1 Å². The van der Waals surface area contributed by atoms with Gasteiger partial charge < -0.3 is 19.7 Å². The number of anilines is 2. The summed E-state index contributed by atoms with van der Waals surface area (Å²) in [5.41, 5.74) is 3.45. The average molecular weight is 606 g/mol. The minimum absolute atomic E-state index is 0.0705. The zero-order valence-electron chi connectivity index (χ0n) is 25.7. The summed E-state index contributed by atoms with van der Waals surface area (Å²) in [6.45, 7) is 3.80. The number of ketones is 1. The highest BCUT2D eigenvalue weighted by Gasteiger charge is 2.39. The largest absolute Gasteiger partial charge is 0.497 e. The number of methoxy groups -OCH3 is 2. The summed E-state index contributed by atoms with van der Waals surface area (Å²) in [6, 6.07) is 27.4. The van der Waals surface area contributed by atoms with E-state index in [0.29, 0.717) is 28.4 Å². The highest BCUT2D eigenvalue weighted by atomic mass is 16.5. The fourth-order valence-electron chi connectivity index (χ4n) is 5.37. The highest BCUT2D eigenvalue weighted by molar-refractivity contribution is 6.52. The monoisotopic (exact) mass is 605 g/mol. The third kappa shape index (κ3) is 6.57. The third-order valence-electron chi connectivity index (χ3n) is 7.83. The SMILES string of the molecule is COc1ccc(NC(=O)C(c2ccc(C(C)C)cc2)N(Cc2ccccc2)C(=O)CN2C(=O)C(=O)c3ccccc32)c(OC)c1. The van der Waals surface area contributed by atoms with Crippen molar-refractivity contribution < 1.29 is 28.7 Å². The molecule has 0 fully saturated rings. The minimum Gasteiger partial charge on any atom is -0.497 e. The normalized spacial score (nSPS) is 13.0. The van der Waals surface area contributed by atoms with Gasteiger partial charge in [-0.25, -0.2) is 0 Å². The Kier molecular flexibility index (Phi) is 9.28. The zero-order chi connectivity index (χ0) is 32.1. The van der Waals surface area contributed by atoms with Crippen LogP contribution >= 0.6 is 0 Å². The molecule has 4 aromatic carbocycles. The molecular weight excluding hydrogens is 570 g/mol. The van der Waals surface area contributed by atoms with Gasteiger partial charge in [0.2, 0.25) is 5.91 Å². The topological polar surface area (TPSA) is 105 Å². The lowest BCUT2D eigenvalue weighted by atomic mass is 9.97. The molecule has 1 N–H and O–H groups in total. The van der Waals surface area contributed by atoms with E-state index in [1.165, 1.54) is 24.0 Å². The summed E-state index contributed by atoms with van der Waals surface area (Å²) < 4.78 is 10.8. The van der Waals surface area contributed by atoms with Crippen molar-refractivity contribution in [3.05, 3.63) is 119 Å². The Morgan fingerprint density at radius 3 is 2.16 bits per heavy atom. The molecule has 5 rings (SSSR count). The summed E-state index contributed by atoms with van der Waals surface area (Å²) in [5, 5.41) is 2.95. The molecule has 0 spiro atoms. The van der Waals surface area contributed by atoms with Crippen LogP contribution in [0.15, 0.2) is 97.1 Å². The van der Waals surface area contributed by atoms with Gasteiger partial charge in [0.05, 0.1) is 31.2 Å². The van der Waals surface area contributed by atoms with Gasteiger partial charge in [-0.1, -0.05) is 80.6 Å². The van der Waals surface area contributed by atoms with Gasteiger partial charge in [-0.05, 0) is 46.9 Å². The number of hydrogen-bond acceptors (Lipinski definition) is 6. The van der Waals surface area contributed by atoms with Crippen LogP contribution in [0.25, 0.3) is 0 Å². The van der Waals surface area contributed by atoms with Crippen LogP contribution in [0.1, 0.15) is 52.9 Å². The second-order valence-corrected chi connectivity index (χ2v) is 11.0. The van der Waals surface area contributed by atoms with E-state index in [1.54, 1.807) is 42.5 Å². The summed E-state index contributed by atoms with van der Waals surface area (Å²) in [7, 11) is 3.03. The van der Waals surface area contributed by atoms with Crippen molar-refractivity contribution in [3.8, 4) is 11.5 Å². The maximum absolute atomic E-state index is 14.3. The van der Waals surface area contributed by atoms with E-state index >= 15 is 0 Å². The average Bonchev–Trinajstić information content (AvgIpc) is 3.30. The first kappa shape index (κ1) is 31.0. The molecule has 0 radical (unpaired) electrons. The molecule has 230 valence electrons. The number of rotatable bonds is 11. The molecular formula is C36H35N3O6. The molecule has 4 aromatic rings. The van der Waals surface area contributed by atoms with E-state index in [9.17, 15) is 19.2 Å². The van der Waals surface area contributed by atoms with Crippen molar-refractivity contribution in [1.29, 1.82) is 0 Å². The van der Waals surface area contributed by atoms with Crippen LogP contribution in [0.3, 0.4) is 0 Å². The van der Waals surface area contributed by atoms with Crippen LogP contribution in [-0.4, -0.2) is 49.2 Å². The van der Waals surface area contributed by atoms with Crippen LogP contribution in [-0.2, 0) is 20.9 Å². The quantitative estimate of drug-likeness (QED) is 0.218. The second-order valence-electron chi connectivity index (χ2n) is 11.0. The van der Waals surface area contributed by atoms with Gasteiger partial charge in [0.25, 0.3) is 17.6 Å². The van der Waals surface area contributed by atoms with Crippen LogP contribution in [0, 0.1) is 0 Å². The molecule has 9 heteroatoms. The molecule has 0 aromatic heterocycles. The van der Waals surface area contributed by atoms with Crippen LogP contribution in [0.5, 0.6) is 11.5 Å². The van der Waals surface area contributed by atoms with E-state index in [1.807, 2.05) is 54.6 Å². The van der Waals surface area contributed by atoms with Crippen molar-refractivity contribution in [3.63, 3.8) is 0 Å². The number of amides is 3. The number of nitrogens with zero attached hydrogens (tertiary/aromatic N) is 2. The maximum Gasteiger partial charge on any atom is 0.299 e. The van der Waals surface area contributed by atoms with Crippen molar-refractivity contribution in [2.45, 2.75) is 32.4 Å². The molecule has 1 aliphatic heterocycles. The molecule has 1 unspecified atom stereocenters. The Morgan fingerprint density at radius 1 is 0.822 bits per heavy atom. The Labute approximate surface area is 262 Å². The van der Waals surface area contributed by atoms with Crippen molar-refractivity contribution in [1.82, 2.24) is 4.90 Å². The number of hydrogen-bond donors (Lipinski definition) is 1. The first-order valence-electron chi connectivity index (χ1n) is 14.6. The van der Waals surface area contributed by atoms with Gasteiger partial charge in [0, 0.05) is 12.6 Å². The molecule has 1 atom stereocenters. The smallest absolute Gasteiger partial charge is 0.299 e. The molecule has 0 saturated carbocycles. The van der Waals surface area contributed by atoms with E-state index in [4.69, 9.17) is 9.47 Å². The number of carbonyl (C=O) groups is 4. The maximum atomic E-state index is 14.3. The Hall–Kier alpha value is -5.44. The standard InChI is InChI=1S/C36H35N3O6/c1-23(2)25-14-16-26(17-15-25)33(35(42)37-29-19-18-27(44-3)20-31(29)45-4)39(21-24-10-6-5-7-11-24)32(40)22-38-30-13-9-8-12-28(30)34(41)36(38)43/h5-20,23,33H,21-22H2,1-4H3,(H,37,42). The van der Waals surface area contributed by atoms with E-state index in [-0.39, 0.29) is 18.0 Å². The fraction of sp³-hybridized carbons (Fsp3) is 0.222. The summed E-state index contributed by atoms with van der Waals surface area (Å²) in [6.07, 6.45) is 0. The first-order valence-corrected chi connectivity index (χ1v) is 14.6. The molecule has 0 aliphatic carbocycles. The first-order chi connectivity index (χ1) is 21.7.